The number of benzene rings is 2. The maximum atomic E-state index is 13.4. The van der Waals surface area contributed by atoms with Gasteiger partial charge >= 0.3 is 0 Å². The summed E-state index contributed by atoms with van der Waals surface area (Å²) in [6.45, 7) is 0.452. The van der Waals surface area contributed by atoms with E-state index >= 15 is 0 Å². The monoisotopic (exact) mass is 391 g/mol. The van der Waals surface area contributed by atoms with Crippen LogP contribution < -0.4 is 20.7 Å². The molecular formula is C21H21N5O3. The molecule has 2 amide bonds. The third kappa shape index (κ3) is 3.18. The predicted octanol–water partition coefficient (Wildman–Crippen LogP) is 2.03. The number of fused-ring (bicyclic) bond motifs is 1. The Kier molecular flexibility index (Phi) is 4.67. The maximum absolute atomic E-state index is 13.4. The molecule has 0 radical (unpaired) electrons. The van der Waals surface area contributed by atoms with E-state index in [2.05, 4.69) is 10.4 Å². The summed E-state index contributed by atoms with van der Waals surface area (Å²) < 4.78 is 6.74. The number of nitrogens with zero attached hydrogens (tertiary/aromatic N) is 3. The Morgan fingerprint density at radius 1 is 1.10 bits per heavy atom. The van der Waals surface area contributed by atoms with Gasteiger partial charge in [-0.1, -0.05) is 0 Å². The van der Waals surface area contributed by atoms with Crippen LogP contribution in [0.4, 0.5) is 11.4 Å². The van der Waals surface area contributed by atoms with Gasteiger partial charge in [-0.3, -0.25) is 9.59 Å². The Balaban J connectivity index is 1.83. The second kappa shape index (κ2) is 7.31. The van der Waals surface area contributed by atoms with Gasteiger partial charge in [0.2, 0.25) is 0 Å². The Morgan fingerprint density at radius 3 is 2.38 bits per heavy atom. The van der Waals surface area contributed by atoms with E-state index in [0.29, 0.717) is 41.3 Å². The van der Waals surface area contributed by atoms with Crippen molar-refractivity contribution >= 4 is 23.2 Å². The van der Waals surface area contributed by atoms with Gasteiger partial charge in [0, 0.05) is 30.5 Å². The molecule has 3 N–H and O–H groups in total. The van der Waals surface area contributed by atoms with E-state index in [0.717, 1.165) is 5.69 Å². The van der Waals surface area contributed by atoms with E-state index in [1.165, 1.54) is 4.68 Å². The maximum Gasteiger partial charge on any atom is 0.277 e. The molecule has 0 unspecified atom stereocenters. The summed E-state index contributed by atoms with van der Waals surface area (Å²) in [7, 11) is 3.13. The highest BCUT2D eigenvalue weighted by atomic mass is 16.5. The van der Waals surface area contributed by atoms with E-state index in [4.69, 9.17) is 10.5 Å². The molecule has 1 aliphatic rings. The molecular weight excluding hydrogens is 370 g/mol. The van der Waals surface area contributed by atoms with E-state index in [1.54, 1.807) is 55.5 Å². The fraction of sp³-hybridized carbons (Fsp3) is 0.190. The molecule has 0 bridgehead atoms. The summed E-state index contributed by atoms with van der Waals surface area (Å²) in [6, 6.07) is 14.3. The summed E-state index contributed by atoms with van der Waals surface area (Å²) in [4.78, 5) is 27.5. The van der Waals surface area contributed by atoms with Crippen LogP contribution in [0.2, 0.25) is 0 Å². The minimum atomic E-state index is -0.317. The fourth-order valence-electron chi connectivity index (χ4n) is 3.47. The second-order valence-corrected chi connectivity index (χ2v) is 6.66. The number of rotatable bonds is 4. The highest BCUT2D eigenvalue weighted by molar-refractivity contribution is 6.09. The predicted molar refractivity (Wildman–Crippen MR) is 110 cm³/mol. The molecule has 0 spiro atoms. The number of nitrogens with two attached hydrogens (primary N) is 1. The molecule has 0 saturated heterocycles. The second-order valence-electron chi connectivity index (χ2n) is 6.66. The van der Waals surface area contributed by atoms with Crippen LogP contribution in [-0.2, 0) is 6.42 Å². The molecule has 148 valence electrons. The molecule has 0 fully saturated rings. The molecule has 2 aromatic carbocycles. The lowest BCUT2D eigenvalue weighted by Crippen LogP contribution is -2.39. The molecule has 0 atom stereocenters. The molecule has 3 aromatic rings. The fourth-order valence-corrected chi connectivity index (χ4v) is 3.47. The van der Waals surface area contributed by atoms with Crippen LogP contribution in [0.25, 0.3) is 5.69 Å². The number of carbonyl (C=O) groups is 2. The van der Waals surface area contributed by atoms with Crippen molar-refractivity contribution in [2.45, 2.75) is 6.42 Å². The van der Waals surface area contributed by atoms with Crippen molar-refractivity contribution in [2.75, 3.05) is 31.3 Å². The Labute approximate surface area is 167 Å². The van der Waals surface area contributed by atoms with E-state index in [9.17, 15) is 9.59 Å². The number of anilines is 2. The first-order valence-electron chi connectivity index (χ1n) is 9.19. The first-order valence-corrected chi connectivity index (χ1v) is 9.19. The molecule has 4 rings (SSSR count). The van der Waals surface area contributed by atoms with Gasteiger partial charge in [0.15, 0.2) is 5.69 Å². The van der Waals surface area contributed by atoms with Crippen molar-refractivity contribution in [2.24, 2.45) is 0 Å². The van der Waals surface area contributed by atoms with Gasteiger partial charge in [-0.25, -0.2) is 4.68 Å². The summed E-state index contributed by atoms with van der Waals surface area (Å²) in [5, 5.41) is 7.08. The van der Waals surface area contributed by atoms with Crippen molar-refractivity contribution < 1.29 is 14.3 Å². The average molecular weight is 391 g/mol. The van der Waals surface area contributed by atoms with Gasteiger partial charge < -0.3 is 20.7 Å². The summed E-state index contributed by atoms with van der Waals surface area (Å²) in [5.41, 5.74) is 9.12. The minimum absolute atomic E-state index is 0.213. The molecule has 1 aromatic heterocycles. The van der Waals surface area contributed by atoms with Crippen LogP contribution in [0.5, 0.6) is 5.75 Å². The smallest absolute Gasteiger partial charge is 0.277 e. The number of hydrogen-bond donors (Lipinski definition) is 2. The van der Waals surface area contributed by atoms with E-state index in [-0.39, 0.29) is 17.5 Å². The van der Waals surface area contributed by atoms with Gasteiger partial charge in [-0.05, 0) is 55.0 Å². The average Bonchev–Trinajstić information content (AvgIpc) is 3.15. The van der Waals surface area contributed by atoms with Crippen LogP contribution in [0.1, 0.15) is 26.5 Å². The van der Waals surface area contributed by atoms with Gasteiger partial charge in [0.25, 0.3) is 11.8 Å². The number of nitrogens with one attached hydrogen (secondary N) is 1. The standard InChI is InChI=1S/C21H21N5O3/c1-23-20(27)18-17-11-12-25(14-5-3-13(22)4-6-14)21(28)19(17)26(24-18)15-7-9-16(29-2)10-8-15/h3-10H,11-12,22H2,1-2H3,(H,23,27). The van der Waals surface area contributed by atoms with Crippen molar-refractivity contribution in [3.8, 4) is 11.4 Å². The third-order valence-electron chi connectivity index (χ3n) is 4.98. The van der Waals surface area contributed by atoms with Gasteiger partial charge in [-0.2, -0.15) is 5.10 Å². The number of aromatic nitrogens is 2. The SMILES string of the molecule is CNC(=O)c1nn(-c2ccc(OC)cc2)c2c1CCN(c1ccc(N)cc1)C2=O. The molecule has 2 heterocycles. The number of nitrogen functional groups attached to an aromatic ring is 1. The number of amides is 2. The molecule has 0 saturated carbocycles. The quantitative estimate of drug-likeness (QED) is 0.663. The number of ether oxygens (including phenoxy) is 1. The third-order valence-corrected chi connectivity index (χ3v) is 4.98. The number of carbonyl (C=O) groups excluding carboxylic acids is 2. The topological polar surface area (TPSA) is 102 Å². The van der Waals surface area contributed by atoms with Crippen LogP contribution in [0.15, 0.2) is 48.5 Å². The van der Waals surface area contributed by atoms with Crippen molar-refractivity contribution in [3.63, 3.8) is 0 Å². The number of hydrogen-bond acceptors (Lipinski definition) is 5. The van der Waals surface area contributed by atoms with E-state index < -0.39 is 0 Å². The highest BCUT2D eigenvalue weighted by Gasteiger charge is 2.34. The molecule has 29 heavy (non-hydrogen) atoms. The summed E-state index contributed by atoms with van der Waals surface area (Å²) in [5.74, 6) is 0.160. The van der Waals surface area contributed by atoms with Crippen molar-refractivity contribution in [1.29, 1.82) is 0 Å². The largest absolute Gasteiger partial charge is 0.497 e. The Bertz CT molecular complexity index is 1070. The van der Waals surface area contributed by atoms with E-state index in [1.807, 2.05) is 12.1 Å². The van der Waals surface area contributed by atoms with Crippen LogP contribution in [0, 0.1) is 0 Å². The van der Waals surface area contributed by atoms with Crippen molar-refractivity contribution in [1.82, 2.24) is 15.1 Å². The van der Waals surface area contributed by atoms with Gasteiger partial charge in [0.05, 0.1) is 12.8 Å². The van der Waals surface area contributed by atoms with Crippen LogP contribution in [0.3, 0.4) is 0 Å². The minimum Gasteiger partial charge on any atom is -0.497 e. The Morgan fingerprint density at radius 2 is 1.76 bits per heavy atom. The Hall–Kier alpha value is -3.81. The van der Waals surface area contributed by atoms with Gasteiger partial charge in [-0.15, -0.1) is 0 Å². The first-order chi connectivity index (χ1) is 14.0. The normalized spacial score (nSPS) is 13.2. The first kappa shape index (κ1) is 18.5. The number of methoxy groups -OCH3 is 1. The zero-order valence-electron chi connectivity index (χ0n) is 16.2. The van der Waals surface area contributed by atoms with Crippen LogP contribution in [-0.4, -0.2) is 42.3 Å². The van der Waals surface area contributed by atoms with Gasteiger partial charge in [0.1, 0.15) is 11.4 Å². The lowest BCUT2D eigenvalue weighted by Gasteiger charge is -2.27. The molecule has 8 nitrogen and oxygen atoms in total. The molecule has 1 aliphatic heterocycles. The van der Waals surface area contributed by atoms with Crippen LogP contribution >= 0.6 is 0 Å². The highest BCUT2D eigenvalue weighted by Crippen LogP contribution is 2.29. The zero-order chi connectivity index (χ0) is 20.5. The summed E-state index contributed by atoms with van der Waals surface area (Å²) in [6.07, 6.45) is 0.518. The molecule has 0 aliphatic carbocycles. The molecule has 8 heteroatoms. The lowest BCUT2D eigenvalue weighted by molar-refractivity contribution is 0.0956. The van der Waals surface area contributed by atoms with Crippen molar-refractivity contribution in [3.05, 3.63) is 65.5 Å². The zero-order valence-corrected chi connectivity index (χ0v) is 16.2. The lowest BCUT2D eigenvalue weighted by atomic mass is 10.0. The summed E-state index contributed by atoms with van der Waals surface area (Å²) >= 11 is 0.